The van der Waals surface area contributed by atoms with E-state index >= 15 is 0 Å². The van der Waals surface area contributed by atoms with Gasteiger partial charge in [0.05, 0.1) is 9.70 Å². The molecule has 0 aliphatic heterocycles. The summed E-state index contributed by atoms with van der Waals surface area (Å²) in [4.78, 5) is 12.3. The van der Waals surface area contributed by atoms with E-state index in [1.165, 1.54) is 0 Å². The maximum absolute atomic E-state index is 12.2. The van der Waals surface area contributed by atoms with Crippen LogP contribution in [0.1, 0.15) is 53.4 Å². The quantitative estimate of drug-likeness (QED) is 0.491. The van der Waals surface area contributed by atoms with Gasteiger partial charge in [-0.1, -0.05) is 52.6 Å². The molecule has 2 aliphatic carbocycles. The first-order chi connectivity index (χ1) is 8.54. The molecule has 5 atom stereocenters. The number of hydrogen-bond donors (Lipinski definition) is 0. The number of ketones is 1. The van der Waals surface area contributed by atoms with E-state index in [1.54, 1.807) is 0 Å². The predicted octanol–water partition coefficient (Wildman–Crippen LogP) is 5.32. The number of alkyl halides is 3. The van der Waals surface area contributed by atoms with Crippen LogP contribution in [-0.2, 0) is 4.79 Å². The fourth-order valence-electron chi connectivity index (χ4n) is 4.18. The minimum Gasteiger partial charge on any atom is -0.298 e. The van der Waals surface area contributed by atoms with Gasteiger partial charge in [-0.05, 0) is 42.9 Å². The molecule has 2 fully saturated rings. The molecule has 0 aromatic carbocycles. The summed E-state index contributed by atoms with van der Waals surface area (Å²) in [6.07, 6.45) is 3.86. The molecule has 2 aliphatic rings. The van der Waals surface area contributed by atoms with E-state index in [9.17, 15) is 4.79 Å². The molecule has 19 heavy (non-hydrogen) atoms. The summed E-state index contributed by atoms with van der Waals surface area (Å²) in [5, 5.41) is 0. The highest BCUT2D eigenvalue weighted by atomic mass is 79.9. The molecule has 2 saturated carbocycles. The molecule has 0 bridgehead atoms. The zero-order valence-electron chi connectivity index (χ0n) is 12.1. The summed E-state index contributed by atoms with van der Waals surface area (Å²) in [6.45, 7) is 8.86. The van der Waals surface area contributed by atoms with Crippen LogP contribution >= 0.6 is 43.5 Å². The Kier molecular flexibility index (Phi) is 4.27. The zero-order valence-corrected chi connectivity index (χ0v) is 16.0. The van der Waals surface area contributed by atoms with Crippen LogP contribution in [0.3, 0.4) is 0 Å². The largest absolute Gasteiger partial charge is 0.298 e. The molecule has 5 unspecified atom stereocenters. The Morgan fingerprint density at radius 1 is 1.21 bits per heavy atom. The molecule has 0 N–H and O–H groups in total. The lowest BCUT2D eigenvalue weighted by Gasteiger charge is -2.60. The number of halogens is 3. The van der Waals surface area contributed by atoms with E-state index < -0.39 is 0 Å². The Labute approximate surface area is 138 Å². The van der Waals surface area contributed by atoms with Gasteiger partial charge in [-0.25, -0.2) is 0 Å². The topological polar surface area (TPSA) is 17.1 Å². The molecule has 4 heteroatoms. The fourth-order valence-corrected chi connectivity index (χ4v) is 5.80. The molecule has 1 nitrogen and oxygen atoms in total. The number of hydrogen-bond acceptors (Lipinski definition) is 1. The number of carbonyl (C=O) groups excluding carboxylic acids is 1. The highest BCUT2D eigenvalue weighted by Gasteiger charge is 2.60. The van der Waals surface area contributed by atoms with Gasteiger partial charge in [-0.3, -0.25) is 4.79 Å². The van der Waals surface area contributed by atoms with E-state index in [0.717, 1.165) is 19.3 Å². The van der Waals surface area contributed by atoms with E-state index in [1.807, 2.05) is 0 Å². The Bertz CT molecular complexity index is 394. The predicted molar refractivity (Wildman–Crippen MR) is 88.5 cm³/mol. The summed E-state index contributed by atoms with van der Waals surface area (Å²) < 4.78 is 0. The normalized spacial score (nSPS) is 50.5. The highest BCUT2D eigenvalue weighted by molar-refractivity contribution is 9.10. The zero-order chi connectivity index (χ0) is 14.6. The van der Waals surface area contributed by atoms with Crippen molar-refractivity contribution in [1.29, 1.82) is 0 Å². The van der Waals surface area contributed by atoms with E-state index in [0.29, 0.717) is 22.9 Å². The monoisotopic (exact) mass is 412 g/mol. The second kappa shape index (κ2) is 4.98. The molecule has 0 amide bonds. The van der Waals surface area contributed by atoms with Gasteiger partial charge in [-0.2, -0.15) is 0 Å². The SMILES string of the molecule is CC1CC(=O)C(Br)C(C)(C)C12CCC(C)(Cl)C(Br)C2. The van der Waals surface area contributed by atoms with Crippen LogP contribution in [0.15, 0.2) is 0 Å². The van der Waals surface area contributed by atoms with Crippen LogP contribution in [0.4, 0.5) is 0 Å². The Balaban J connectivity index is 2.39. The summed E-state index contributed by atoms with van der Waals surface area (Å²) in [6, 6.07) is 0. The average molecular weight is 415 g/mol. The van der Waals surface area contributed by atoms with Crippen molar-refractivity contribution in [3.8, 4) is 0 Å². The Morgan fingerprint density at radius 3 is 2.32 bits per heavy atom. The third kappa shape index (κ3) is 2.36. The van der Waals surface area contributed by atoms with E-state index in [4.69, 9.17) is 11.6 Å². The molecule has 0 saturated heterocycles. The first kappa shape index (κ1) is 16.3. The third-order valence-electron chi connectivity index (χ3n) is 5.91. The Morgan fingerprint density at radius 2 is 1.79 bits per heavy atom. The van der Waals surface area contributed by atoms with Crippen LogP contribution in [0.2, 0.25) is 0 Å². The van der Waals surface area contributed by atoms with Crippen molar-refractivity contribution in [2.75, 3.05) is 0 Å². The molecule has 0 radical (unpaired) electrons. The number of rotatable bonds is 0. The molecule has 1 spiro atoms. The number of carbonyl (C=O) groups is 1. The van der Waals surface area contributed by atoms with Crippen molar-refractivity contribution in [1.82, 2.24) is 0 Å². The summed E-state index contributed by atoms with van der Waals surface area (Å²) in [5.41, 5.74) is 0.165. The molecule has 0 heterocycles. The summed E-state index contributed by atoms with van der Waals surface area (Å²) in [5.74, 6) is 0.782. The summed E-state index contributed by atoms with van der Waals surface area (Å²) in [7, 11) is 0. The molecule has 2 rings (SSSR count). The molecule has 110 valence electrons. The van der Waals surface area contributed by atoms with Crippen molar-refractivity contribution in [2.45, 2.75) is 67.9 Å². The van der Waals surface area contributed by atoms with Crippen LogP contribution in [0, 0.1) is 16.7 Å². The van der Waals surface area contributed by atoms with Crippen molar-refractivity contribution in [2.24, 2.45) is 16.7 Å². The Hall–Kier alpha value is 0.920. The van der Waals surface area contributed by atoms with Gasteiger partial charge in [0.1, 0.15) is 5.78 Å². The van der Waals surface area contributed by atoms with E-state index in [-0.39, 0.29) is 20.5 Å². The third-order valence-corrected chi connectivity index (χ3v) is 9.61. The second-order valence-corrected chi connectivity index (χ2v) is 10.1. The van der Waals surface area contributed by atoms with Crippen molar-refractivity contribution in [3.05, 3.63) is 0 Å². The van der Waals surface area contributed by atoms with Crippen molar-refractivity contribution < 1.29 is 4.79 Å². The highest BCUT2D eigenvalue weighted by Crippen LogP contribution is 2.63. The standard InChI is InChI=1S/C15H23Br2ClO/c1-9-7-10(19)12(17)13(2,3)15(9)6-5-14(4,18)11(16)8-15/h9,11-12H,5-8H2,1-4H3. The van der Waals surface area contributed by atoms with Crippen LogP contribution in [0.5, 0.6) is 0 Å². The molecule has 0 aromatic rings. The second-order valence-electron chi connectivity index (χ2n) is 7.26. The first-order valence-electron chi connectivity index (χ1n) is 7.04. The lowest BCUT2D eigenvalue weighted by atomic mass is 9.47. The maximum atomic E-state index is 12.2. The van der Waals surface area contributed by atoms with Gasteiger partial charge >= 0.3 is 0 Å². The van der Waals surface area contributed by atoms with Gasteiger partial charge in [0.2, 0.25) is 0 Å². The maximum Gasteiger partial charge on any atom is 0.147 e. The fraction of sp³-hybridized carbons (Fsp3) is 0.933. The number of Topliss-reactive ketones (excluding diaryl/α,β-unsaturated/α-hetero) is 1. The lowest BCUT2D eigenvalue weighted by molar-refractivity contribution is -0.136. The van der Waals surface area contributed by atoms with Gasteiger partial charge in [-0.15, -0.1) is 11.6 Å². The summed E-state index contributed by atoms with van der Waals surface area (Å²) >= 11 is 14.1. The van der Waals surface area contributed by atoms with E-state index in [2.05, 4.69) is 59.6 Å². The van der Waals surface area contributed by atoms with Gasteiger partial charge in [0.15, 0.2) is 0 Å². The molecule has 0 aromatic heterocycles. The first-order valence-corrected chi connectivity index (χ1v) is 9.25. The van der Waals surface area contributed by atoms with Crippen molar-refractivity contribution in [3.63, 3.8) is 0 Å². The van der Waals surface area contributed by atoms with Gasteiger partial charge in [0.25, 0.3) is 0 Å². The van der Waals surface area contributed by atoms with Gasteiger partial charge in [0, 0.05) is 11.2 Å². The van der Waals surface area contributed by atoms with Crippen LogP contribution in [0.25, 0.3) is 0 Å². The van der Waals surface area contributed by atoms with Crippen molar-refractivity contribution >= 4 is 49.2 Å². The van der Waals surface area contributed by atoms with Gasteiger partial charge < -0.3 is 0 Å². The molecular weight excluding hydrogens is 391 g/mol. The molecular formula is C15H23Br2ClO. The minimum absolute atomic E-state index is 0.0266. The smallest absolute Gasteiger partial charge is 0.147 e. The van der Waals surface area contributed by atoms with Crippen LogP contribution in [-0.4, -0.2) is 20.3 Å². The average Bonchev–Trinajstić information content (AvgIpc) is 2.29. The van der Waals surface area contributed by atoms with Crippen LogP contribution < -0.4 is 0 Å². The lowest BCUT2D eigenvalue weighted by Crippen LogP contribution is -2.59. The minimum atomic E-state index is -0.162.